The zero-order valence-corrected chi connectivity index (χ0v) is 18.1. The van der Waals surface area contributed by atoms with Crippen LogP contribution in [0.4, 0.5) is 5.13 Å². The Balaban J connectivity index is 1.26. The molecule has 152 valence electrons. The number of nitrogens with one attached hydrogen (secondary N) is 1. The molecule has 1 saturated heterocycles. The van der Waals surface area contributed by atoms with Crippen LogP contribution in [0.15, 0.2) is 42.5 Å². The maximum absolute atomic E-state index is 12.2. The number of nitrogens with zero attached hydrogens (tertiary/aromatic N) is 3. The highest BCUT2D eigenvalue weighted by atomic mass is 35.5. The van der Waals surface area contributed by atoms with E-state index in [1.54, 1.807) is 23.5 Å². The fourth-order valence-corrected chi connectivity index (χ4v) is 4.85. The van der Waals surface area contributed by atoms with Crippen LogP contribution in [0.2, 0.25) is 5.02 Å². The van der Waals surface area contributed by atoms with E-state index in [1.165, 1.54) is 10.3 Å². The van der Waals surface area contributed by atoms with Gasteiger partial charge in [-0.3, -0.25) is 9.69 Å². The minimum Gasteiger partial charge on any atom is -0.351 e. The number of amides is 1. The third-order valence-electron chi connectivity index (χ3n) is 5.32. The van der Waals surface area contributed by atoms with Gasteiger partial charge in [0.05, 0.1) is 20.8 Å². The van der Waals surface area contributed by atoms with Gasteiger partial charge < -0.3 is 10.2 Å². The second-order valence-electron chi connectivity index (χ2n) is 7.22. The second-order valence-corrected chi connectivity index (χ2v) is 8.63. The number of aromatic nitrogens is 1. The van der Waals surface area contributed by atoms with E-state index in [0.29, 0.717) is 17.1 Å². The Kier molecular flexibility index (Phi) is 6.33. The van der Waals surface area contributed by atoms with Crippen molar-refractivity contribution in [1.29, 1.82) is 0 Å². The Morgan fingerprint density at radius 1 is 1.17 bits per heavy atom. The van der Waals surface area contributed by atoms with Crippen LogP contribution in [0, 0.1) is 0 Å². The van der Waals surface area contributed by atoms with Crippen LogP contribution >= 0.6 is 22.9 Å². The number of benzene rings is 2. The molecule has 0 spiro atoms. The molecule has 1 aliphatic heterocycles. The number of piperazine rings is 1. The van der Waals surface area contributed by atoms with Gasteiger partial charge in [0.1, 0.15) is 0 Å². The molecular formula is C22H25ClN4OS. The minimum absolute atomic E-state index is 0.116. The largest absolute Gasteiger partial charge is 0.351 e. The van der Waals surface area contributed by atoms with E-state index in [-0.39, 0.29) is 5.91 Å². The molecule has 29 heavy (non-hydrogen) atoms. The van der Waals surface area contributed by atoms with Gasteiger partial charge >= 0.3 is 0 Å². The molecule has 2 heterocycles. The average molecular weight is 429 g/mol. The SMILES string of the molecule is CCc1ccc2nc(N3CCN(CCNC(=O)c4ccccc4Cl)CC3)sc2c1. The standard InChI is InChI=1S/C22H25ClN4OS/c1-2-16-7-8-19-20(15-16)29-22(25-19)27-13-11-26(12-14-27)10-9-24-21(28)17-5-3-4-6-18(17)23/h3-8,15H,2,9-14H2,1H3,(H,24,28). The smallest absolute Gasteiger partial charge is 0.252 e. The third kappa shape index (κ3) is 4.71. The van der Waals surface area contributed by atoms with Gasteiger partial charge in [0.2, 0.25) is 0 Å². The lowest BCUT2D eigenvalue weighted by molar-refractivity contribution is 0.0948. The van der Waals surface area contributed by atoms with Crippen molar-refractivity contribution in [1.82, 2.24) is 15.2 Å². The van der Waals surface area contributed by atoms with Crippen molar-refractivity contribution >= 4 is 44.2 Å². The molecule has 0 unspecified atom stereocenters. The van der Waals surface area contributed by atoms with Gasteiger partial charge in [-0.2, -0.15) is 0 Å². The number of anilines is 1. The zero-order valence-electron chi connectivity index (χ0n) is 16.5. The Morgan fingerprint density at radius 3 is 2.72 bits per heavy atom. The number of carbonyl (C=O) groups excluding carboxylic acids is 1. The first-order valence-corrected chi connectivity index (χ1v) is 11.2. The predicted octanol–water partition coefficient (Wildman–Crippen LogP) is 4.06. The highest BCUT2D eigenvalue weighted by molar-refractivity contribution is 7.22. The molecule has 5 nitrogen and oxygen atoms in total. The van der Waals surface area contributed by atoms with Crippen LogP contribution in [0.3, 0.4) is 0 Å². The number of thiazole rings is 1. The summed E-state index contributed by atoms with van der Waals surface area (Å²) in [5, 5.41) is 4.57. The summed E-state index contributed by atoms with van der Waals surface area (Å²) in [6.45, 7) is 7.49. The molecule has 1 aliphatic rings. The van der Waals surface area contributed by atoms with Gasteiger partial charge in [-0.1, -0.05) is 48.1 Å². The van der Waals surface area contributed by atoms with E-state index in [4.69, 9.17) is 16.6 Å². The summed E-state index contributed by atoms with van der Waals surface area (Å²) in [5.74, 6) is -0.116. The number of rotatable bonds is 6. The molecule has 2 aromatic carbocycles. The summed E-state index contributed by atoms with van der Waals surface area (Å²) in [5.41, 5.74) is 2.98. The van der Waals surface area contributed by atoms with Crippen molar-refractivity contribution in [2.75, 3.05) is 44.2 Å². The summed E-state index contributed by atoms with van der Waals surface area (Å²) in [6.07, 6.45) is 1.05. The van der Waals surface area contributed by atoms with Crippen molar-refractivity contribution in [3.05, 3.63) is 58.6 Å². The van der Waals surface area contributed by atoms with Crippen LogP contribution in [-0.2, 0) is 6.42 Å². The molecule has 3 aromatic rings. The summed E-state index contributed by atoms with van der Waals surface area (Å²) in [6, 6.07) is 13.7. The third-order valence-corrected chi connectivity index (χ3v) is 6.73. The van der Waals surface area contributed by atoms with E-state index in [2.05, 4.69) is 40.2 Å². The van der Waals surface area contributed by atoms with E-state index < -0.39 is 0 Å². The number of halogens is 1. The number of aryl methyl sites for hydroxylation is 1. The van der Waals surface area contributed by atoms with Gasteiger partial charge in [-0.05, 0) is 36.2 Å². The summed E-state index contributed by atoms with van der Waals surface area (Å²) < 4.78 is 1.27. The van der Waals surface area contributed by atoms with Gasteiger partial charge in [-0.15, -0.1) is 0 Å². The average Bonchev–Trinajstić information content (AvgIpc) is 3.17. The monoisotopic (exact) mass is 428 g/mol. The van der Waals surface area contributed by atoms with Crippen LogP contribution in [0.25, 0.3) is 10.2 Å². The van der Waals surface area contributed by atoms with Crippen LogP contribution in [0.1, 0.15) is 22.8 Å². The highest BCUT2D eigenvalue weighted by Crippen LogP contribution is 2.30. The Labute approximate surface area is 180 Å². The first-order valence-electron chi connectivity index (χ1n) is 10.0. The normalized spacial score (nSPS) is 15.0. The summed E-state index contributed by atoms with van der Waals surface area (Å²) >= 11 is 7.87. The molecule has 1 fully saturated rings. The Hall–Kier alpha value is -2.15. The van der Waals surface area contributed by atoms with Crippen molar-refractivity contribution < 1.29 is 4.79 Å². The number of fused-ring (bicyclic) bond motifs is 1. The first-order chi connectivity index (χ1) is 14.1. The number of hydrogen-bond donors (Lipinski definition) is 1. The lowest BCUT2D eigenvalue weighted by Crippen LogP contribution is -2.48. The van der Waals surface area contributed by atoms with E-state index in [9.17, 15) is 4.79 Å². The molecule has 0 atom stereocenters. The molecule has 4 rings (SSSR count). The number of hydrogen-bond acceptors (Lipinski definition) is 5. The topological polar surface area (TPSA) is 48.5 Å². The fourth-order valence-electron chi connectivity index (χ4n) is 3.54. The van der Waals surface area contributed by atoms with Crippen molar-refractivity contribution in [3.8, 4) is 0 Å². The van der Waals surface area contributed by atoms with Crippen molar-refractivity contribution in [3.63, 3.8) is 0 Å². The summed E-state index contributed by atoms with van der Waals surface area (Å²) in [4.78, 5) is 21.8. The second kappa shape index (κ2) is 9.11. The summed E-state index contributed by atoms with van der Waals surface area (Å²) in [7, 11) is 0. The molecular weight excluding hydrogens is 404 g/mol. The van der Waals surface area contributed by atoms with Crippen molar-refractivity contribution in [2.24, 2.45) is 0 Å². The molecule has 1 N–H and O–H groups in total. The lowest BCUT2D eigenvalue weighted by Gasteiger charge is -2.34. The lowest BCUT2D eigenvalue weighted by atomic mass is 10.2. The molecule has 0 saturated carbocycles. The van der Waals surface area contributed by atoms with Gasteiger partial charge in [0.15, 0.2) is 5.13 Å². The van der Waals surface area contributed by atoms with E-state index in [1.807, 2.05) is 12.1 Å². The number of carbonyl (C=O) groups is 1. The molecule has 0 radical (unpaired) electrons. The molecule has 0 aliphatic carbocycles. The van der Waals surface area contributed by atoms with Gasteiger partial charge in [0, 0.05) is 39.3 Å². The molecule has 0 bridgehead atoms. The molecule has 1 aromatic heterocycles. The molecule has 7 heteroatoms. The van der Waals surface area contributed by atoms with Crippen molar-refractivity contribution in [2.45, 2.75) is 13.3 Å². The Bertz CT molecular complexity index is 997. The minimum atomic E-state index is -0.116. The van der Waals surface area contributed by atoms with Gasteiger partial charge in [0.25, 0.3) is 5.91 Å². The van der Waals surface area contributed by atoms with Crippen LogP contribution in [-0.4, -0.2) is 55.1 Å². The predicted molar refractivity (Wildman–Crippen MR) is 121 cm³/mol. The first kappa shape index (κ1) is 20.1. The Morgan fingerprint density at radius 2 is 1.97 bits per heavy atom. The molecule has 1 amide bonds. The van der Waals surface area contributed by atoms with E-state index >= 15 is 0 Å². The highest BCUT2D eigenvalue weighted by Gasteiger charge is 2.20. The van der Waals surface area contributed by atoms with Crippen LogP contribution < -0.4 is 10.2 Å². The maximum Gasteiger partial charge on any atom is 0.252 e. The van der Waals surface area contributed by atoms with Crippen LogP contribution in [0.5, 0.6) is 0 Å². The van der Waals surface area contributed by atoms with Gasteiger partial charge in [-0.25, -0.2) is 4.98 Å². The quantitative estimate of drug-likeness (QED) is 0.643. The van der Waals surface area contributed by atoms with E-state index in [0.717, 1.165) is 49.8 Å². The maximum atomic E-state index is 12.2. The fraction of sp³-hybridized carbons (Fsp3) is 0.364. The zero-order chi connectivity index (χ0) is 20.2.